The van der Waals surface area contributed by atoms with Crippen LogP contribution in [0, 0.1) is 0 Å². The molecule has 1 unspecified atom stereocenters. The first-order valence-corrected chi connectivity index (χ1v) is 4.75. The highest BCUT2D eigenvalue weighted by atomic mass is 35.5. The molecule has 0 aliphatic heterocycles. The molecule has 0 bridgehead atoms. The minimum atomic E-state index is -0.416. The number of halogens is 1. The van der Waals surface area contributed by atoms with E-state index in [-0.39, 0.29) is 0 Å². The standard InChI is InChI=1S/C10H14ClNO/c11-9-5-3-8(4-6-9)10(13)2-1-7-12/h3-6,10,13H,1-2,7,12H2. The van der Waals surface area contributed by atoms with E-state index in [0.29, 0.717) is 18.0 Å². The molecule has 0 saturated carbocycles. The van der Waals surface area contributed by atoms with Crippen LogP contribution in [0.4, 0.5) is 0 Å². The fourth-order valence-electron chi connectivity index (χ4n) is 1.16. The van der Waals surface area contributed by atoms with Gasteiger partial charge in [-0.05, 0) is 37.1 Å². The van der Waals surface area contributed by atoms with E-state index in [0.717, 1.165) is 12.0 Å². The van der Waals surface area contributed by atoms with Crippen molar-refractivity contribution < 1.29 is 5.11 Å². The highest BCUT2D eigenvalue weighted by Gasteiger charge is 2.05. The van der Waals surface area contributed by atoms with Gasteiger partial charge in [0.15, 0.2) is 0 Å². The number of rotatable bonds is 4. The van der Waals surface area contributed by atoms with Gasteiger partial charge in [0.1, 0.15) is 0 Å². The second kappa shape index (κ2) is 5.22. The summed E-state index contributed by atoms with van der Waals surface area (Å²) < 4.78 is 0. The molecule has 0 radical (unpaired) electrons. The lowest BCUT2D eigenvalue weighted by Crippen LogP contribution is -2.03. The van der Waals surface area contributed by atoms with Crippen molar-refractivity contribution in [1.29, 1.82) is 0 Å². The minimum absolute atomic E-state index is 0.416. The van der Waals surface area contributed by atoms with Crippen LogP contribution < -0.4 is 5.73 Å². The van der Waals surface area contributed by atoms with Crippen LogP contribution in [0.1, 0.15) is 24.5 Å². The first-order chi connectivity index (χ1) is 6.24. The summed E-state index contributed by atoms with van der Waals surface area (Å²) in [7, 11) is 0. The zero-order valence-corrected chi connectivity index (χ0v) is 8.17. The SMILES string of the molecule is NCCCC(O)c1ccc(Cl)cc1. The van der Waals surface area contributed by atoms with Gasteiger partial charge in [-0.2, -0.15) is 0 Å². The van der Waals surface area contributed by atoms with Crippen LogP contribution in [0.25, 0.3) is 0 Å². The molecule has 13 heavy (non-hydrogen) atoms. The van der Waals surface area contributed by atoms with E-state index in [4.69, 9.17) is 17.3 Å². The maximum atomic E-state index is 9.64. The Morgan fingerprint density at radius 2 is 1.92 bits per heavy atom. The van der Waals surface area contributed by atoms with Gasteiger partial charge >= 0.3 is 0 Å². The summed E-state index contributed by atoms with van der Waals surface area (Å²) in [4.78, 5) is 0. The monoisotopic (exact) mass is 199 g/mol. The van der Waals surface area contributed by atoms with Gasteiger partial charge in [0.25, 0.3) is 0 Å². The maximum absolute atomic E-state index is 9.64. The predicted octanol–water partition coefficient (Wildman–Crippen LogP) is 2.11. The molecule has 1 atom stereocenters. The summed E-state index contributed by atoms with van der Waals surface area (Å²) in [6.07, 6.45) is 1.13. The van der Waals surface area contributed by atoms with Crippen LogP contribution in [0.3, 0.4) is 0 Å². The zero-order chi connectivity index (χ0) is 9.68. The summed E-state index contributed by atoms with van der Waals surface area (Å²) in [5.74, 6) is 0. The number of benzene rings is 1. The van der Waals surface area contributed by atoms with E-state index < -0.39 is 6.10 Å². The Morgan fingerprint density at radius 1 is 1.31 bits per heavy atom. The summed E-state index contributed by atoms with van der Waals surface area (Å²) in [6.45, 7) is 0.616. The topological polar surface area (TPSA) is 46.2 Å². The van der Waals surface area contributed by atoms with Gasteiger partial charge in [-0.25, -0.2) is 0 Å². The van der Waals surface area contributed by atoms with Crippen LogP contribution in [-0.2, 0) is 0 Å². The van der Waals surface area contributed by atoms with Gasteiger partial charge in [0.05, 0.1) is 6.10 Å². The quantitative estimate of drug-likeness (QED) is 0.781. The first kappa shape index (κ1) is 10.5. The van der Waals surface area contributed by atoms with Crippen LogP contribution in [0.5, 0.6) is 0 Å². The molecule has 0 aliphatic rings. The Hall–Kier alpha value is -0.570. The van der Waals surface area contributed by atoms with E-state index in [1.807, 2.05) is 12.1 Å². The van der Waals surface area contributed by atoms with Crippen molar-refractivity contribution in [2.24, 2.45) is 5.73 Å². The van der Waals surface area contributed by atoms with Crippen LogP contribution in [0.2, 0.25) is 5.02 Å². The van der Waals surface area contributed by atoms with Gasteiger partial charge in [-0.15, -0.1) is 0 Å². The third-order valence-corrected chi connectivity index (χ3v) is 2.19. The second-order valence-corrected chi connectivity index (χ2v) is 3.43. The molecule has 1 aromatic carbocycles. The summed E-state index contributed by atoms with van der Waals surface area (Å²) in [5, 5.41) is 10.3. The summed E-state index contributed by atoms with van der Waals surface area (Å²) in [6, 6.07) is 7.23. The van der Waals surface area contributed by atoms with E-state index in [2.05, 4.69) is 0 Å². The molecule has 3 heteroatoms. The lowest BCUT2D eigenvalue weighted by molar-refractivity contribution is 0.165. The van der Waals surface area contributed by atoms with Gasteiger partial charge in [-0.3, -0.25) is 0 Å². The average Bonchev–Trinajstić information content (AvgIpc) is 2.15. The Morgan fingerprint density at radius 3 is 2.46 bits per heavy atom. The fourth-order valence-corrected chi connectivity index (χ4v) is 1.29. The van der Waals surface area contributed by atoms with Crippen molar-refractivity contribution in [2.75, 3.05) is 6.54 Å². The van der Waals surface area contributed by atoms with E-state index in [1.165, 1.54) is 0 Å². The molecule has 0 spiro atoms. The number of aliphatic hydroxyl groups is 1. The Bertz CT molecular complexity index is 248. The number of aliphatic hydroxyl groups excluding tert-OH is 1. The molecule has 0 aromatic heterocycles. The van der Waals surface area contributed by atoms with E-state index >= 15 is 0 Å². The Balaban J connectivity index is 2.55. The van der Waals surface area contributed by atoms with Gasteiger partial charge < -0.3 is 10.8 Å². The molecule has 0 heterocycles. The molecule has 1 rings (SSSR count). The molecule has 0 saturated heterocycles. The smallest absolute Gasteiger partial charge is 0.0790 e. The highest BCUT2D eigenvalue weighted by Crippen LogP contribution is 2.19. The molecular weight excluding hydrogens is 186 g/mol. The summed E-state index contributed by atoms with van der Waals surface area (Å²) >= 11 is 5.72. The molecule has 1 aromatic rings. The molecular formula is C10H14ClNO. The molecule has 0 aliphatic carbocycles. The predicted molar refractivity (Wildman–Crippen MR) is 54.7 cm³/mol. The van der Waals surface area contributed by atoms with Gasteiger partial charge in [-0.1, -0.05) is 23.7 Å². The van der Waals surface area contributed by atoms with Crippen LogP contribution in [-0.4, -0.2) is 11.7 Å². The first-order valence-electron chi connectivity index (χ1n) is 4.37. The Kier molecular flexibility index (Phi) is 4.22. The lowest BCUT2D eigenvalue weighted by atomic mass is 10.1. The number of hydrogen-bond acceptors (Lipinski definition) is 2. The zero-order valence-electron chi connectivity index (χ0n) is 7.41. The minimum Gasteiger partial charge on any atom is -0.388 e. The maximum Gasteiger partial charge on any atom is 0.0790 e. The van der Waals surface area contributed by atoms with Crippen LogP contribution >= 0.6 is 11.6 Å². The molecule has 3 N–H and O–H groups in total. The highest BCUT2D eigenvalue weighted by molar-refractivity contribution is 6.30. The van der Waals surface area contributed by atoms with Crippen molar-refractivity contribution in [3.63, 3.8) is 0 Å². The largest absolute Gasteiger partial charge is 0.388 e. The Labute approximate surface area is 83.3 Å². The van der Waals surface area contributed by atoms with Crippen molar-refractivity contribution in [1.82, 2.24) is 0 Å². The molecule has 2 nitrogen and oxygen atoms in total. The lowest BCUT2D eigenvalue weighted by Gasteiger charge is -2.09. The van der Waals surface area contributed by atoms with Gasteiger partial charge in [0.2, 0.25) is 0 Å². The third-order valence-electron chi connectivity index (χ3n) is 1.94. The van der Waals surface area contributed by atoms with E-state index in [1.54, 1.807) is 12.1 Å². The average molecular weight is 200 g/mol. The third kappa shape index (κ3) is 3.35. The second-order valence-electron chi connectivity index (χ2n) is 3.00. The van der Waals surface area contributed by atoms with Crippen molar-refractivity contribution >= 4 is 11.6 Å². The van der Waals surface area contributed by atoms with Crippen molar-refractivity contribution in [3.8, 4) is 0 Å². The van der Waals surface area contributed by atoms with Crippen LogP contribution in [0.15, 0.2) is 24.3 Å². The molecule has 0 fully saturated rings. The van der Waals surface area contributed by atoms with Crippen molar-refractivity contribution in [2.45, 2.75) is 18.9 Å². The van der Waals surface area contributed by atoms with Crippen molar-refractivity contribution in [3.05, 3.63) is 34.9 Å². The summed E-state index contributed by atoms with van der Waals surface area (Å²) in [5.41, 5.74) is 6.25. The fraction of sp³-hybridized carbons (Fsp3) is 0.400. The number of hydrogen-bond donors (Lipinski definition) is 2. The van der Waals surface area contributed by atoms with E-state index in [9.17, 15) is 5.11 Å². The molecule has 72 valence electrons. The normalized spacial score (nSPS) is 12.8. The number of nitrogens with two attached hydrogens (primary N) is 1. The van der Waals surface area contributed by atoms with Gasteiger partial charge in [0, 0.05) is 5.02 Å². The molecule has 0 amide bonds.